The fourth-order valence-electron chi connectivity index (χ4n) is 2.04. The Morgan fingerprint density at radius 2 is 1.81 bits per heavy atom. The van der Waals surface area contributed by atoms with Gasteiger partial charge in [-0.1, -0.05) is 18.2 Å². The quantitative estimate of drug-likeness (QED) is 0.917. The molecule has 21 heavy (non-hydrogen) atoms. The Bertz CT molecular complexity index is 715. The van der Waals surface area contributed by atoms with Gasteiger partial charge in [-0.2, -0.15) is 0 Å². The van der Waals surface area contributed by atoms with Gasteiger partial charge in [-0.25, -0.2) is 8.42 Å². The largest absolute Gasteiger partial charge is 0.497 e. The van der Waals surface area contributed by atoms with Crippen LogP contribution in [-0.2, 0) is 16.6 Å². The minimum atomic E-state index is -3.61. The van der Waals surface area contributed by atoms with Crippen molar-refractivity contribution in [3.8, 4) is 5.75 Å². The highest BCUT2D eigenvalue weighted by molar-refractivity contribution is 7.92. The van der Waals surface area contributed by atoms with Crippen molar-refractivity contribution in [2.75, 3.05) is 18.5 Å². The molecule has 2 aromatic carbocycles. The Kier molecular flexibility index (Phi) is 4.50. The molecular formula is C15H18N2O3S. The first kappa shape index (κ1) is 15.3. The fourth-order valence-corrected chi connectivity index (χ4v) is 3.29. The summed E-state index contributed by atoms with van der Waals surface area (Å²) in [5.74, 6) is 0.643. The molecule has 0 spiro atoms. The van der Waals surface area contributed by atoms with Gasteiger partial charge in [0.25, 0.3) is 10.0 Å². The molecule has 0 aliphatic rings. The number of rotatable bonds is 5. The number of nitrogens with two attached hydrogens (primary N) is 1. The van der Waals surface area contributed by atoms with Crippen LogP contribution in [0.1, 0.15) is 5.56 Å². The molecule has 2 aromatic rings. The zero-order valence-corrected chi connectivity index (χ0v) is 12.8. The van der Waals surface area contributed by atoms with Crippen LogP contribution >= 0.6 is 0 Å². The standard InChI is InChI=1S/C15H18N2O3S/c1-17(21(18,19)14-6-4-3-5-7-14)15-9-8-13(20-2)10-12(15)11-16/h3-10H,11,16H2,1-2H3. The van der Waals surface area contributed by atoms with Gasteiger partial charge in [0.1, 0.15) is 5.75 Å². The summed E-state index contributed by atoms with van der Waals surface area (Å²) in [7, 11) is -0.535. The van der Waals surface area contributed by atoms with E-state index in [0.717, 1.165) is 0 Å². The van der Waals surface area contributed by atoms with Crippen LogP contribution in [0.4, 0.5) is 5.69 Å². The minimum absolute atomic E-state index is 0.223. The van der Waals surface area contributed by atoms with E-state index >= 15 is 0 Å². The predicted molar refractivity (Wildman–Crippen MR) is 82.9 cm³/mol. The van der Waals surface area contributed by atoms with Gasteiger partial charge in [0.15, 0.2) is 0 Å². The molecule has 0 unspecified atom stereocenters. The molecule has 0 fully saturated rings. The molecule has 0 bridgehead atoms. The number of ether oxygens (including phenoxy) is 1. The molecule has 2 rings (SSSR count). The molecule has 112 valence electrons. The number of hydrogen-bond acceptors (Lipinski definition) is 4. The lowest BCUT2D eigenvalue weighted by Gasteiger charge is -2.22. The molecule has 6 heteroatoms. The van der Waals surface area contributed by atoms with Gasteiger partial charge in [0, 0.05) is 13.6 Å². The summed E-state index contributed by atoms with van der Waals surface area (Å²) < 4.78 is 31.6. The molecule has 0 aromatic heterocycles. The Hall–Kier alpha value is -2.05. The Morgan fingerprint density at radius 3 is 2.38 bits per heavy atom. The lowest BCUT2D eigenvalue weighted by atomic mass is 10.1. The summed E-state index contributed by atoms with van der Waals surface area (Å²) >= 11 is 0. The molecule has 0 aliphatic carbocycles. The lowest BCUT2D eigenvalue weighted by Crippen LogP contribution is -2.27. The third-order valence-corrected chi connectivity index (χ3v) is 5.03. The second kappa shape index (κ2) is 6.15. The van der Waals surface area contributed by atoms with Crippen molar-refractivity contribution in [3.63, 3.8) is 0 Å². The van der Waals surface area contributed by atoms with Gasteiger partial charge in [0.2, 0.25) is 0 Å². The number of methoxy groups -OCH3 is 1. The molecule has 2 N–H and O–H groups in total. The molecule has 0 atom stereocenters. The van der Waals surface area contributed by atoms with Crippen LogP contribution in [0.3, 0.4) is 0 Å². The molecular weight excluding hydrogens is 288 g/mol. The molecule has 0 radical (unpaired) electrons. The number of benzene rings is 2. The molecule has 5 nitrogen and oxygen atoms in total. The Morgan fingerprint density at radius 1 is 1.14 bits per heavy atom. The minimum Gasteiger partial charge on any atom is -0.497 e. The number of anilines is 1. The highest BCUT2D eigenvalue weighted by Gasteiger charge is 2.22. The Balaban J connectivity index is 2.47. The monoisotopic (exact) mass is 306 g/mol. The van der Waals surface area contributed by atoms with E-state index < -0.39 is 10.0 Å². The van der Waals surface area contributed by atoms with Gasteiger partial charge in [-0.15, -0.1) is 0 Å². The van der Waals surface area contributed by atoms with E-state index in [2.05, 4.69) is 0 Å². The summed E-state index contributed by atoms with van der Waals surface area (Å²) in [6, 6.07) is 13.4. The number of nitrogens with zero attached hydrogens (tertiary/aromatic N) is 1. The maximum atomic E-state index is 12.6. The normalized spacial score (nSPS) is 11.2. The van der Waals surface area contributed by atoms with Crippen LogP contribution in [-0.4, -0.2) is 22.6 Å². The first-order valence-electron chi connectivity index (χ1n) is 6.41. The molecule has 0 saturated heterocycles. The van der Waals surface area contributed by atoms with E-state index in [1.54, 1.807) is 55.6 Å². The van der Waals surface area contributed by atoms with Crippen molar-refractivity contribution >= 4 is 15.7 Å². The molecule has 0 aliphatic heterocycles. The topological polar surface area (TPSA) is 72.6 Å². The highest BCUT2D eigenvalue weighted by atomic mass is 32.2. The van der Waals surface area contributed by atoms with Gasteiger partial charge in [-0.05, 0) is 35.9 Å². The van der Waals surface area contributed by atoms with Crippen LogP contribution in [0.2, 0.25) is 0 Å². The van der Waals surface area contributed by atoms with Gasteiger partial charge in [0.05, 0.1) is 17.7 Å². The van der Waals surface area contributed by atoms with Crippen LogP contribution < -0.4 is 14.8 Å². The van der Waals surface area contributed by atoms with E-state index in [1.165, 1.54) is 11.4 Å². The lowest BCUT2D eigenvalue weighted by molar-refractivity contribution is 0.414. The first-order valence-corrected chi connectivity index (χ1v) is 7.85. The van der Waals surface area contributed by atoms with Crippen molar-refractivity contribution in [1.82, 2.24) is 0 Å². The highest BCUT2D eigenvalue weighted by Crippen LogP contribution is 2.28. The van der Waals surface area contributed by atoms with Gasteiger partial charge >= 0.3 is 0 Å². The van der Waals surface area contributed by atoms with E-state index in [-0.39, 0.29) is 11.4 Å². The zero-order chi connectivity index (χ0) is 15.5. The second-order valence-corrected chi connectivity index (χ2v) is 6.45. The third-order valence-electron chi connectivity index (χ3n) is 3.25. The zero-order valence-electron chi connectivity index (χ0n) is 12.0. The van der Waals surface area contributed by atoms with Crippen molar-refractivity contribution in [2.24, 2.45) is 5.73 Å². The molecule has 0 saturated carbocycles. The fraction of sp³-hybridized carbons (Fsp3) is 0.200. The maximum absolute atomic E-state index is 12.6. The first-order chi connectivity index (χ1) is 10.0. The summed E-state index contributed by atoms with van der Waals surface area (Å²) in [4.78, 5) is 0.242. The predicted octanol–water partition coefficient (Wildman–Crippen LogP) is 1.98. The number of hydrogen-bond donors (Lipinski definition) is 1. The smallest absolute Gasteiger partial charge is 0.264 e. The van der Waals surface area contributed by atoms with E-state index in [9.17, 15) is 8.42 Å². The SMILES string of the molecule is COc1ccc(N(C)S(=O)(=O)c2ccccc2)c(CN)c1. The van der Waals surface area contributed by atoms with Crippen molar-refractivity contribution in [2.45, 2.75) is 11.4 Å². The summed E-state index contributed by atoms with van der Waals surface area (Å²) in [6.45, 7) is 0.223. The van der Waals surface area contributed by atoms with Crippen LogP contribution in [0, 0.1) is 0 Å². The van der Waals surface area contributed by atoms with Crippen molar-refractivity contribution < 1.29 is 13.2 Å². The maximum Gasteiger partial charge on any atom is 0.264 e. The summed E-state index contributed by atoms with van der Waals surface area (Å²) in [5, 5.41) is 0. The average molecular weight is 306 g/mol. The molecule has 0 amide bonds. The van der Waals surface area contributed by atoms with Gasteiger partial charge < -0.3 is 10.5 Å². The van der Waals surface area contributed by atoms with Gasteiger partial charge in [-0.3, -0.25) is 4.31 Å². The van der Waals surface area contributed by atoms with Crippen molar-refractivity contribution in [1.29, 1.82) is 0 Å². The number of sulfonamides is 1. The summed E-state index contributed by atoms with van der Waals surface area (Å²) in [6.07, 6.45) is 0. The van der Waals surface area contributed by atoms with Crippen molar-refractivity contribution in [3.05, 3.63) is 54.1 Å². The third kappa shape index (κ3) is 3.01. The second-order valence-electron chi connectivity index (χ2n) is 4.48. The molecule has 0 heterocycles. The Labute approximate surface area is 125 Å². The van der Waals surface area contributed by atoms with E-state index in [0.29, 0.717) is 17.0 Å². The van der Waals surface area contributed by atoms with E-state index in [1.807, 2.05) is 0 Å². The average Bonchev–Trinajstić information content (AvgIpc) is 2.54. The van der Waals surface area contributed by atoms with Crippen LogP contribution in [0.5, 0.6) is 5.75 Å². The van der Waals surface area contributed by atoms with Crippen LogP contribution in [0.25, 0.3) is 0 Å². The summed E-state index contributed by atoms with van der Waals surface area (Å²) in [5.41, 5.74) is 6.97. The van der Waals surface area contributed by atoms with Crippen LogP contribution in [0.15, 0.2) is 53.4 Å². The van der Waals surface area contributed by atoms with E-state index in [4.69, 9.17) is 10.5 Å².